The summed E-state index contributed by atoms with van der Waals surface area (Å²) in [4.78, 5) is 26.4. The molecule has 0 atom stereocenters. The van der Waals surface area contributed by atoms with Crippen molar-refractivity contribution in [3.05, 3.63) is 40.6 Å². The van der Waals surface area contributed by atoms with Gasteiger partial charge in [0.1, 0.15) is 17.9 Å². The number of nitrogens with zero attached hydrogens (tertiary/aromatic N) is 2. The first kappa shape index (κ1) is 15.7. The molecule has 0 saturated carbocycles. The fraction of sp³-hybridized carbons (Fsp3) is 0.333. The fourth-order valence-corrected chi connectivity index (χ4v) is 2.00. The molecule has 2 rings (SSSR count). The van der Waals surface area contributed by atoms with E-state index in [0.29, 0.717) is 16.7 Å². The number of pyridine rings is 1. The van der Waals surface area contributed by atoms with Gasteiger partial charge in [-0.25, -0.2) is 0 Å². The van der Waals surface area contributed by atoms with Crippen LogP contribution in [0, 0.1) is 15.5 Å². The highest BCUT2D eigenvalue weighted by Crippen LogP contribution is 2.32. The summed E-state index contributed by atoms with van der Waals surface area (Å²) in [6.45, 7) is 3.46. The van der Waals surface area contributed by atoms with E-state index in [2.05, 4.69) is 4.98 Å². The smallest absolute Gasteiger partial charge is 0.314 e. The summed E-state index contributed by atoms with van der Waals surface area (Å²) < 4.78 is 10.4. The average Bonchev–Trinajstić information content (AvgIpc) is 2.51. The van der Waals surface area contributed by atoms with Gasteiger partial charge in [-0.15, -0.1) is 0 Å². The topological polar surface area (TPSA) is 91.6 Å². The largest absolute Gasteiger partial charge is 0.490 e. The van der Waals surface area contributed by atoms with Crippen LogP contribution in [0.1, 0.15) is 13.8 Å². The van der Waals surface area contributed by atoms with E-state index < -0.39 is 16.3 Å². The van der Waals surface area contributed by atoms with Crippen molar-refractivity contribution in [2.24, 2.45) is 5.41 Å². The maximum absolute atomic E-state index is 11.7. The molecule has 0 fully saturated rings. The molecule has 0 bridgehead atoms. The summed E-state index contributed by atoms with van der Waals surface area (Å²) in [5.74, 6) is -0.00939. The number of carbonyl (C=O) groups excluding carboxylic acids is 1. The van der Waals surface area contributed by atoms with Gasteiger partial charge in [0.2, 0.25) is 0 Å². The summed E-state index contributed by atoms with van der Waals surface area (Å²) in [5.41, 5.74) is -0.488. The second-order valence-corrected chi connectivity index (χ2v) is 5.40. The Bertz CT molecular complexity index is 727. The van der Waals surface area contributed by atoms with E-state index in [-0.39, 0.29) is 12.3 Å². The summed E-state index contributed by atoms with van der Waals surface area (Å²) in [6, 6.07) is 6.08. The Morgan fingerprint density at radius 2 is 2.09 bits per heavy atom. The number of benzene rings is 1. The molecule has 7 heteroatoms. The third-order valence-corrected chi connectivity index (χ3v) is 3.23. The Hall–Kier alpha value is -2.70. The highest BCUT2D eigenvalue weighted by atomic mass is 16.6. The van der Waals surface area contributed by atoms with Crippen LogP contribution in [0.4, 0.5) is 5.69 Å². The lowest BCUT2D eigenvalue weighted by Gasteiger charge is -2.21. The van der Waals surface area contributed by atoms with Gasteiger partial charge in [0.25, 0.3) is 5.69 Å². The highest BCUT2D eigenvalue weighted by molar-refractivity contribution is 5.92. The summed E-state index contributed by atoms with van der Waals surface area (Å²) in [7, 11) is 1.31. The van der Waals surface area contributed by atoms with Crippen LogP contribution in [0.25, 0.3) is 10.9 Å². The Labute approximate surface area is 127 Å². The molecule has 0 saturated heterocycles. The molecule has 1 aromatic heterocycles. The number of nitro groups is 1. The quantitative estimate of drug-likeness (QED) is 0.479. The van der Waals surface area contributed by atoms with Crippen LogP contribution in [0.2, 0.25) is 0 Å². The van der Waals surface area contributed by atoms with Crippen molar-refractivity contribution in [3.63, 3.8) is 0 Å². The first-order chi connectivity index (χ1) is 10.4. The number of hydrogen-bond donors (Lipinski definition) is 0. The van der Waals surface area contributed by atoms with Gasteiger partial charge >= 0.3 is 5.97 Å². The van der Waals surface area contributed by atoms with E-state index in [9.17, 15) is 14.9 Å². The third-order valence-electron chi connectivity index (χ3n) is 3.23. The number of fused-ring (bicyclic) bond motifs is 1. The molecule has 1 heterocycles. The third kappa shape index (κ3) is 2.98. The van der Waals surface area contributed by atoms with Gasteiger partial charge in [0, 0.05) is 12.3 Å². The van der Waals surface area contributed by atoms with Crippen LogP contribution in [-0.2, 0) is 9.53 Å². The van der Waals surface area contributed by atoms with Gasteiger partial charge in [0.05, 0.1) is 22.8 Å². The Kier molecular flexibility index (Phi) is 4.25. The van der Waals surface area contributed by atoms with Gasteiger partial charge in [-0.05, 0) is 32.0 Å². The SMILES string of the molecule is COC(=O)C(C)(C)COc1ccc([N+](=O)[O-])c2cccnc12. The minimum Gasteiger partial charge on any atom is -0.490 e. The molecule has 116 valence electrons. The lowest BCUT2D eigenvalue weighted by atomic mass is 9.95. The predicted octanol–water partition coefficient (Wildman–Crippen LogP) is 2.72. The van der Waals surface area contributed by atoms with Gasteiger partial charge in [-0.1, -0.05) is 0 Å². The number of hydrogen-bond acceptors (Lipinski definition) is 6. The number of nitro benzene ring substituents is 1. The zero-order valence-corrected chi connectivity index (χ0v) is 12.5. The van der Waals surface area contributed by atoms with Crippen molar-refractivity contribution in [3.8, 4) is 5.75 Å². The number of rotatable bonds is 5. The van der Waals surface area contributed by atoms with Crippen molar-refractivity contribution in [1.29, 1.82) is 0 Å². The molecule has 0 spiro atoms. The Balaban J connectivity index is 2.36. The Morgan fingerprint density at radius 1 is 1.36 bits per heavy atom. The Morgan fingerprint density at radius 3 is 2.73 bits per heavy atom. The van der Waals surface area contributed by atoms with Crippen molar-refractivity contribution in [1.82, 2.24) is 4.98 Å². The van der Waals surface area contributed by atoms with E-state index in [1.807, 2.05) is 0 Å². The monoisotopic (exact) mass is 304 g/mol. The van der Waals surface area contributed by atoms with Crippen LogP contribution < -0.4 is 4.74 Å². The van der Waals surface area contributed by atoms with Crippen molar-refractivity contribution >= 4 is 22.6 Å². The molecular weight excluding hydrogens is 288 g/mol. The molecule has 1 aromatic carbocycles. The molecule has 0 aliphatic carbocycles. The van der Waals surface area contributed by atoms with E-state index >= 15 is 0 Å². The van der Waals surface area contributed by atoms with E-state index in [1.54, 1.807) is 26.0 Å². The fourth-order valence-electron chi connectivity index (χ4n) is 2.00. The lowest BCUT2D eigenvalue weighted by Crippen LogP contribution is -2.32. The molecule has 0 aliphatic rings. The molecule has 0 aliphatic heterocycles. The molecular formula is C15H16N2O5. The molecule has 22 heavy (non-hydrogen) atoms. The molecule has 7 nitrogen and oxygen atoms in total. The summed E-state index contributed by atoms with van der Waals surface area (Å²) in [5, 5.41) is 11.4. The molecule has 0 radical (unpaired) electrons. The maximum Gasteiger partial charge on any atom is 0.314 e. The van der Waals surface area contributed by atoms with E-state index in [4.69, 9.17) is 9.47 Å². The van der Waals surface area contributed by atoms with Crippen LogP contribution >= 0.6 is 0 Å². The van der Waals surface area contributed by atoms with Gasteiger partial charge in [-0.2, -0.15) is 0 Å². The van der Waals surface area contributed by atoms with Crippen LogP contribution in [-0.4, -0.2) is 29.6 Å². The second kappa shape index (κ2) is 5.97. The normalized spacial score (nSPS) is 11.2. The van der Waals surface area contributed by atoms with Crippen molar-refractivity contribution < 1.29 is 19.2 Å². The maximum atomic E-state index is 11.7. The number of ether oxygens (including phenoxy) is 2. The highest BCUT2D eigenvalue weighted by Gasteiger charge is 2.30. The molecule has 0 amide bonds. The van der Waals surface area contributed by atoms with Crippen LogP contribution in [0.3, 0.4) is 0 Å². The van der Waals surface area contributed by atoms with Crippen molar-refractivity contribution in [2.45, 2.75) is 13.8 Å². The number of non-ortho nitro benzene ring substituents is 1. The van der Waals surface area contributed by atoms with Gasteiger partial charge in [0.15, 0.2) is 0 Å². The lowest BCUT2D eigenvalue weighted by molar-refractivity contribution is -0.383. The number of esters is 1. The second-order valence-electron chi connectivity index (χ2n) is 5.40. The molecule has 0 unspecified atom stereocenters. The van der Waals surface area contributed by atoms with Crippen molar-refractivity contribution in [2.75, 3.05) is 13.7 Å². The predicted molar refractivity (Wildman–Crippen MR) is 79.7 cm³/mol. The summed E-state index contributed by atoms with van der Waals surface area (Å²) in [6.07, 6.45) is 1.53. The zero-order chi connectivity index (χ0) is 16.3. The zero-order valence-electron chi connectivity index (χ0n) is 12.5. The minimum atomic E-state index is -0.836. The first-order valence-corrected chi connectivity index (χ1v) is 6.60. The van der Waals surface area contributed by atoms with Crippen LogP contribution in [0.15, 0.2) is 30.5 Å². The standard InChI is InChI=1S/C15H16N2O5/c1-15(2,14(18)21-3)9-22-12-7-6-11(17(19)20)10-5-4-8-16-13(10)12/h4-8H,9H2,1-3H3. The van der Waals surface area contributed by atoms with E-state index in [1.165, 1.54) is 25.4 Å². The number of carbonyl (C=O) groups is 1. The molecule has 2 aromatic rings. The van der Waals surface area contributed by atoms with Gasteiger partial charge in [-0.3, -0.25) is 19.9 Å². The number of methoxy groups -OCH3 is 1. The van der Waals surface area contributed by atoms with E-state index in [0.717, 1.165) is 0 Å². The average molecular weight is 304 g/mol. The van der Waals surface area contributed by atoms with Crippen LogP contribution in [0.5, 0.6) is 5.75 Å². The number of aromatic nitrogens is 1. The van der Waals surface area contributed by atoms with Gasteiger partial charge < -0.3 is 9.47 Å². The summed E-state index contributed by atoms with van der Waals surface area (Å²) >= 11 is 0. The minimum absolute atomic E-state index is 0.0392. The first-order valence-electron chi connectivity index (χ1n) is 6.60. The molecule has 0 N–H and O–H groups in total.